The van der Waals surface area contributed by atoms with Crippen molar-refractivity contribution < 1.29 is 8.42 Å². The minimum atomic E-state index is -2.80. The molecule has 0 saturated carbocycles. The van der Waals surface area contributed by atoms with E-state index < -0.39 is 9.84 Å². The largest absolute Gasteiger partial charge is 0.313 e. The Balaban J connectivity index is 1.96. The van der Waals surface area contributed by atoms with Gasteiger partial charge in [-0.2, -0.15) is 0 Å². The van der Waals surface area contributed by atoms with Crippen LogP contribution in [-0.2, 0) is 22.9 Å². The predicted molar refractivity (Wildman–Crippen MR) is 85.5 cm³/mol. The topological polar surface area (TPSA) is 49.4 Å². The predicted octanol–water partition coefficient (Wildman–Crippen LogP) is 1.79. The molecule has 0 aliphatic carbocycles. The third-order valence-electron chi connectivity index (χ3n) is 3.53. The highest BCUT2D eigenvalue weighted by molar-refractivity contribution is 9.10. The van der Waals surface area contributed by atoms with E-state index in [1.165, 1.54) is 11.1 Å². The SMILES string of the molecule is CCNCc1ccc(CN2CCS(=O)(=O)CC2)c(Br)c1. The molecule has 1 saturated heterocycles. The molecule has 1 aliphatic heterocycles. The Hall–Kier alpha value is -0.430. The number of rotatable bonds is 5. The minimum Gasteiger partial charge on any atom is -0.313 e. The first-order chi connectivity index (χ1) is 9.50. The lowest BCUT2D eigenvalue weighted by Crippen LogP contribution is -2.39. The van der Waals surface area contributed by atoms with E-state index in [1.807, 2.05) is 0 Å². The van der Waals surface area contributed by atoms with Gasteiger partial charge in [0.15, 0.2) is 9.84 Å². The third kappa shape index (κ3) is 4.55. The van der Waals surface area contributed by atoms with E-state index in [-0.39, 0.29) is 11.5 Å². The van der Waals surface area contributed by atoms with Gasteiger partial charge >= 0.3 is 0 Å². The number of nitrogens with zero attached hydrogens (tertiary/aromatic N) is 1. The van der Waals surface area contributed by atoms with E-state index in [2.05, 4.69) is 51.3 Å². The van der Waals surface area contributed by atoms with Crippen LogP contribution in [0.15, 0.2) is 22.7 Å². The summed E-state index contributed by atoms with van der Waals surface area (Å²) in [6.07, 6.45) is 0. The van der Waals surface area contributed by atoms with Crippen LogP contribution in [-0.4, -0.2) is 44.5 Å². The molecular formula is C14H21BrN2O2S. The van der Waals surface area contributed by atoms with Crippen LogP contribution < -0.4 is 5.32 Å². The molecule has 6 heteroatoms. The molecule has 0 radical (unpaired) electrons. The van der Waals surface area contributed by atoms with Crippen molar-refractivity contribution in [1.82, 2.24) is 10.2 Å². The van der Waals surface area contributed by atoms with E-state index in [0.717, 1.165) is 24.1 Å². The molecule has 1 heterocycles. The van der Waals surface area contributed by atoms with Gasteiger partial charge < -0.3 is 5.32 Å². The average Bonchev–Trinajstić information content (AvgIpc) is 2.41. The van der Waals surface area contributed by atoms with Crippen LogP contribution in [0.4, 0.5) is 0 Å². The zero-order chi connectivity index (χ0) is 14.6. The molecule has 0 spiro atoms. The first-order valence-electron chi connectivity index (χ1n) is 6.91. The van der Waals surface area contributed by atoms with Crippen LogP contribution in [0, 0.1) is 0 Å². The van der Waals surface area contributed by atoms with Crippen molar-refractivity contribution in [3.63, 3.8) is 0 Å². The van der Waals surface area contributed by atoms with Crippen molar-refractivity contribution in [3.05, 3.63) is 33.8 Å². The summed E-state index contributed by atoms with van der Waals surface area (Å²) < 4.78 is 23.9. The van der Waals surface area contributed by atoms with Crippen LogP contribution in [0.2, 0.25) is 0 Å². The fraction of sp³-hybridized carbons (Fsp3) is 0.571. The first kappa shape index (κ1) is 15.9. The lowest BCUT2D eigenvalue weighted by Gasteiger charge is -2.27. The molecule has 112 valence electrons. The summed E-state index contributed by atoms with van der Waals surface area (Å²) in [6, 6.07) is 6.39. The van der Waals surface area contributed by atoms with E-state index in [4.69, 9.17) is 0 Å². The molecule has 1 fully saturated rings. The maximum Gasteiger partial charge on any atom is 0.152 e. The maximum atomic E-state index is 11.4. The number of benzene rings is 1. The van der Waals surface area contributed by atoms with Gasteiger partial charge in [0.25, 0.3) is 0 Å². The fourth-order valence-electron chi connectivity index (χ4n) is 2.25. The smallest absolute Gasteiger partial charge is 0.152 e. The summed E-state index contributed by atoms with van der Waals surface area (Å²) in [5, 5.41) is 3.30. The highest BCUT2D eigenvalue weighted by atomic mass is 79.9. The van der Waals surface area contributed by atoms with Gasteiger partial charge in [-0.1, -0.05) is 35.0 Å². The highest BCUT2D eigenvalue weighted by Crippen LogP contribution is 2.21. The molecule has 4 nitrogen and oxygen atoms in total. The number of halogens is 1. The number of sulfone groups is 1. The van der Waals surface area contributed by atoms with Gasteiger partial charge in [-0.05, 0) is 23.7 Å². The quantitative estimate of drug-likeness (QED) is 0.869. The van der Waals surface area contributed by atoms with E-state index in [0.29, 0.717) is 13.1 Å². The Morgan fingerprint density at radius 1 is 1.30 bits per heavy atom. The van der Waals surface area contributed by atoms with Gasteiger partial charge in [0, 0.05) is 30.7 Å². The van der Waals surface area contributed by atoms with E-state index in [1.54, 1.807) is 0 Å². The molecule has 0 unspecified atom stereocenters. The summed E-state index contributed by atoms with van der Waals surface area (Å²) in [7, 11) is -2.80. The molecule has 2 rings (SSSR count). The minimum absolute atomic E-state index is 0.281. The molecule has 1 aromatic rings. The summed E-state index contributed by atoms with van der Waals surface area (Å²) in [6.45, 7) is 5.99. The van der Waals surface area contributed by atoms with E-state index >= 15 is 0 Å². The summed E-state index contributed by atoms with van der Waals surface area (Å²) in [4.78, 5) is 2.20. The number of nitrogens with one attached hydrogen (secondary N) is 1. The Morgan fingerprint density at radius 3 is 2.60 bits per heavy atom. The highest BCUT2D eigenvalue weighted by Gasteiger charge is 2.21. The Bertz CT molecular complexity index is 546. The van der Waals surface area contributed by atoms with Crippen molar-refractivity contribution in [1.29, 1.82) is 0 Å². The van der Waals surface area contributed by atoms with Crippen molar-refractivity contribution in [2.75, 3.05) is 31.1 Å². The second-order valence-electron chi connectivity index (χ2n) is 5.13. The van der Waals surface area contributed by atoms with Gasteiger partial charge in [0.1, 0.15) is 0 Å². The van der Waals surface area contributed by atoms with Crippen LogP contribution in [0.1, 0.15) is 18.1 Å². The molecule has 0 aromatic heterocycles. The van der Waals surface area contributed by atoms with Crippen LogP contribution in [0.3, 0.4) is 0 Å². The van der Waals surface area contributed by atoms with Crippen LogP contribution in [0.25, 0.3) is 0 Å². The van der Waals surface area contributed by atoms with Crippen molar-refractivity contribution in [2.45, 2.75) is 20.0 Å². The molecule has 20 heavy (non-hydrogen) atoms. The molecule has 0 atom stereocenters. The van der Waals surface area contributed by atoms with Gasteiger partial charge in [-0.25, -0.2) is 8.42 Å². The Kier molecular flexibility index (Phi) is 5.60. The average molecular weight is 361 g/mol. The van der Waals surface area contributed by atoms with Crippen molar-refractivity contribution in [3.8, 4) is 0 Å². The molecule has 1 aromatic carbocycles. The summed E-state index contributed by atoms with van der Waals surface area (Å²) in [5.74, 6) is 0.562. The molecular weight excluding hydrogens is 340 g/mol. The van der Waals surface area contributed by atoms with Gasteiger partial charge in [0.05, 0.1) is 11.5 Å². The first-order valence-corrected chi connectivity index (χ1v) is 9.52. The fourth-order valence-corrected chi connectivity index (χ4v) is 4.08. The Labute approximate surface area is 129 Å². The van der Waals surface area contributed by atoms with Crippen LogP contribution in [0.5, 0.6) is 0 Å². The normalized spacial score (nSPS) is 19.1. The van der Waals surface area contributed by atoms with Gasteiger partial charge in [-0.3, -0.25) is 4.90 Å². The van der Waals surface area contributed by atoms with Crippen molar-refractivity contribution >= 4 is 25.8 Å². The number of hydrogen-bond acceptors (Lipinski definition) is 4. The summed E-state index contributed by atoms with van der Waals surface area (Å²) in [5.41, 5.74) is 2.47. The zero-order valence-corrected chi connectivity index (χ0v) is 14.1. The van der Waals surface area contributed by atoms with Gasteiger partial charge in [0.2, 0.25) is 0 Å². The van der Waals surface area contributed by atoms with E-state index in [9.17, 15) is 8.42 Å². The van der Waals surface area contributed by atoms with Crippen LogP contribution >= 0.6 is 15.9 Å². The molecule has 0 amide bonds. The maximum absolute atomic E-state index is 11.4. The second kappa shape index (κ2) is 7.02. The van der Waals surface area contributed by atoms with Gasteiger partial charge in [-0.15, -0.1) is 0 Å². The lowest BCUT2D eigenvalue weighted by molar-refractivity contribution is 0.287. The van der Waals surface area contributed by atoms with Crippen molar-refractivity contribution in [2.24, 2.45) is 0 Å². The Morgan fingerprint density at radius 2 is 2.00 bits per heavy atom. The second-order valence-corrected chi connectivity index (χ2v) is 8.29. The zero-order valence-electron chi connectivity index (χ0n) is 11.7. The molecule has 0 bridgehead atoms. The standard InChI is InChI=1S/C14H21BrN2O2S/c1-2-16-10-12-3-4-13(14(15)9-12)11-17-5-7-20(18,19)8-6-17/h3-4,9,16H,2,5-8,10-11H2,1H3. The lowest BCUT2D eigenvalue weighted by atomic mass is 10.1. The summed E-state index contributed by atoms with van der Waals surface area (Å²) >= 11 is 3.62. The monoisotopic (exact) mass is 360 g/mol. The molecule has 1 aliphatic rings. The number of hydrogen-bond donors (Lipinski definition) is 1. The molecule has 1 N–H and O–H groups in total. The third-order valence-corrected chi connectivity index (χ3v) is 5.87.